The van der Waals surface area contributed by atoms with Crippen LogP contribution in [0.4, 0.5) is 8.78 Å². The second-order valence-corrected chi connectivity index (χ2v) is 9.38. The molecule has 0 aromatic heterocycles. The SMILES string of the molecule is O=C(CN1C(C(=O)c2ccccc2)C(=O)c2ccccc2S1(=O)=O)NCc1c(F)cccc1F. The maximum atomic E-state index is 13.9. The van der Waals surface area contributed by atoms with Crippen molar-refractivity contribution in [1.29, 1.82) is 0 Å². The van der Waals surface area contributed by atoms with Crippen molar-refractivity contribution in [3.63, 3.8) is 0 Å². The molecule has 0 fully saturated rings. The number of ketones is 2. The highest BCUT2D eigenvalue weighted by atomic mass is 32.2. The van der Waals surface area contributed by atoms with E-state index in [1.807, 2.05) is 0 Å². The molecule has 0 spiro atoms. The lowest BCUT2D eigenvalue weighted by Crippen LogP contribution is -2.56. The van der Waals surface area contributed by atoms with Crippen LogP contribution < -0.4 is 5.32 Å². The summed E-state index contributed by atoms with van der Waals surface area (Å²) in [4.78, 5) is 38.7. The lowest BCUT2D eigenvalue weighted by Gasteiger charge is -2.33. The Morgan fingerprint density at radius 3 is 2.18 bits per heavy atom. The van der Waals surface area contributed by atoms with E-state index in [0.717, 1.165) is 12.1 Å². The highest BCUT2D eigenvalue weighted by Gasteiger charge is 2.48. The summed E-state index contributed by atoms with van der Waals surface area (Å²) >= 11 is 0. The fourth-order valence-electron chi connectivity index (χ4n) is 3.71. The normalized spacial score (nSPS) is 17.1. The number of fused-ring (bicyclic) bond motifs is 1. The van der Waals surface area contributed by atoms with Gasteiger partial charge in [-0.1, -0.05) is 48.5 Å². The van der Waals surface area contributed by atoms with Crippen molar-refractivity contribution in [2.24, 2.45) is 0 Å². The zero-order valence-corrected chi connectivity index (χ0v) is 18.4. The average Bonchev–Trinajstić information content (AvgIpc) is 2.83. The predicted molar refractivity (Wildman–Crippen MR) is 117 cm³/mol. The standard InChI is InChI=1S/C24H18F2N2O5S/c25-18-10-6-11-19(26)17(18)13-27-21(29)14-28-22(23(30)15-7-2-1-3-8-15)24(31)16-9-4-5-12-20(16)34(28,32)33/h1-12,22H,13-14H2,(H,27,29). The predicted octanol–water partition coefficient (Wildman–Crippen LogP) is 2.72. The van der Waals surface area contributed by atoms with Crippen LogP contribution >= 0.6 is 0 Å². The molecule has 4 rings (SSSR count). The average molecular weight is 484 g/mol. The third kappa shape index (κ3) is 4.25. The van der Waals surface area contributed by atoms with E-state index in [2.05, 4.69) is 5.32 Å². The van der Waals surface area contributed by atoms with E-state index in [1.54, 1.807) is 18.2 Å². The van der Waals surface area contributed by atoms with E-state index in [0.29, 0.717) is 4.31 Å². The van der Waals surface area contributed by atoms with E-state index in [-0.39, 0.29) is 16.0 Å². The molecule has 1 unspecified atom stereocenters. The monoisotopic (exact) mass is 484 g/mol. The molecule has 3 aromatic rings. The molecule has 10 heteroatoms. The molecule has 1 amide bonds. The van der Waals surface area contributed by atoms with Gasteiger partial charge < -0.3 is 5.32 Å². The first kappa shape index (κ1) is 23.4. The number of halogens is 2. The van der Waals surface area contributed by atoms with Crippen molar-refractivity contribution in [3.05, 3.63) is 101 Å². The highest BCUT2D eigenvalue weighted by molar-refractivity contribution is 7.89. The highest BCUT2D eigenvalue weighted by Crippen LogP contribution is 2.31. The number of carbonyl (C=O) groups is 3. The van der Waals surface area contributed by atoms with Gasteiger partial charge in [-0.15, -0.1) is 0 Å². The van der Waals surface area contributed by atoms with Crippen molar-refractivity contribution < 1.29 is 31.6 Å². The van der Waals surface area contributed by atoms with E-state index in [4.69, 9.17) is 0 Å². The van der Waals surface area contributed by atoms with Crippen LogP contribution in [-0.2, 0) is 21.4 Å². The van der Waals surface area contributed by atoms with Gasteiger partial charge in [-0.25, -0.2) is 17.2 Å². The maximum absolute atomic E-state index is 13.9. The van der Waals surface area contributed by atoms with Gasteiger partial charge in [-0.3, -0.25) is 14.4 Å². The molecule has 1 aliphatic heterocycles. The van der Waals surface area contributed by atoms with Crippen LogP contribution in [0.5, 0.6) is 0 Å². The van der Waals surface area contributed by atoms with Crippen LogP contribution in [0.2, 0.25) is 0 Å². The summed E-state index contributed by atoms with van der Waals surface area (Å²) in [5.74, 6) is -4.27. The number of nitrogens with zero attached hydrogens (tertiary/aromatic N) is 1. The minimum absolute atomic E-state index is 0.0919. The summed E-state index contributed by atoms with van der Waals surface area (Å²) in [7, 11) is -4.43. The largest absolute Gasteiger partial charge is 0.351 e. The van der Waals surface area contributed by atoms with Crippen LogP contribution in [0.1, 0.15) is 26.3 Å². The molecule has 1 heterocycles. The van der Waals surface area contributed by atoms with E-state index in [1.165, 1.54) is 42.5 Å². The number of amides is 1. The molecule has 0 radical (unpaired) electrons. The molecule has 174 valence electrons. The Hall–Kier alpha value is -3.76. The van der Waals surface area contributed by atoms with Crippen molar-refractivity contribution in [2.45, 2.75) is 17.5 Å². The van der Waals surface area contributed by atoms with E-state index >= 15 is 0 Å². The summed E-state index contributed by atoms with van der Waals surface area (Å²) in [5, 5.41) is 2.26. The zero-order chi connectivity index (χ0) is 24.5. The molecule has 7 nitrogen and oxygen atoms in total. The van der Waals surface area contributed by atoms with Gasteiger partial charge >= 0.3 is 0 Å². The molecule has 1 atom stereocenters. The summed E-state index contributed by atoms with van der Waals surface area (Å²) in [5.41, 5.74) is -0.466. The van der Waals surface area contributed by atoms with Crippen LogP contribution in [0, 0.1) is 11.6 Å². The molecule has 0 aliphatic carbocycles. The van der Waals surface area contributed by atoms with Crippen LogP contribution in [0.3, 0.4) is 0 Å². The molecule has 1 aliphatic rings. The third-order valence-corrected chi connectivity index (χ3v) is 7.27. The molecule has 34 heavy (non-hydrogen) atoms. The van der Waals surface area contributed by atoms with Crippen LogP contribution in [0.25, 0.3) is 0 Å². The molecule has 0 saturated heterocycles. The number of benzene rings is 3. The minimum Gasteiger partial charge on any atom is -0.351 e. The first-order valence-corrected chi connectivity index (χ1v) is 11.6. The molecular formula is C24H18F2N2O5S. The maximum Gasteiger partial charge on any atom is 0.245 e. The molecule has 0 bridgehead atoms. The summed E-state index contributed by atoms with van der Waals surface area (Å²) in [6.45, 7) is -1.45. The van der Waals surface area contributed by atoms with Gasteiger partial charge in [0.1, 0.15) is 11.6 Å². The van der Waals surface area contributed by atoms with Crippen molar-refractivity contribution in [2.75, 3.05) is 6.54 Å². The zero-order valence-electron chi connectivity index (χ0n) is 17.6. The van der Waals surface area contributed by atoms with Gasteiger partial charge in [0.05, 0.1) is 11.4 Å². The van der Waals surface area contributed by atoms with Crippen LogP contribution in [-0.4, -0.2) is 42.8 Å². The second-order valence-electron chi connectivity index (χ2n) is 7.52. The number of Topliss-reactive ketones (excluding diaryl/α,β-unsaturated/α-hetero) is 2. The summed E-state index contributed by atoms with van der Waals surface area (Å²) < 4.78 is 54.9. The number of hydrogen-bond acceptors (Lipinski definition) is 5. The quantitative estimate of drug-likeness (QED) is 0.428. The number of carbonyl (C=O) groups excluding carboxylic acids is 3. The molecule has 0 saturated carbocycles. The van der Waals surface area contributed by atoms with Gasteiger partial charge in [-0.05, 0) is 24.3 Å². The van der Waals surface area contributed by atoms with Crippen molar-refractivity contribution >= 4 is 27.5 Å². The topological polar surface area (TPSA) is 101 Å². The van der Waals surface area contributed by atoms with Crippen LogP contribution in [0.15, 0.2) is 77.7 Å². The first-order valence-electron chi connectivity index (χ1n) is 10.2. The van der Waals surface area contributed by atoms with Gasteiger partial charge in [0.15, 0.2) is 17.6 Å². The fourth-order valence-corrected chi connectivity index (χ4v) is 5.42. The van der Waals surface area contributed by atoms with Gasteiger partial charge in [0.2, 0.25) is 15.9 Å². The Morgan fingerprint density at radius 1 is 0.882 bits per heavy atom. The minimum atomic E-state index is -4.43. The van der Waals surface area contributed by atoms with E-state index in [9.17, 15) is 31.6 Å². The lowest BCUT2D eigenvalue weighted by atomic mass is 9.96. The lowest BCUT2D eigenvalue weighted by molar-refractivity contribution is -0.121. The number of rotatable bonds is 6. The fraction of sp³-hybridized carbons (Fsp3) is 0.125. The number of hydrogen-bond donors (Lipinski definition) is 1. The van der Waals surface area contributed by atoms with E-state index < -0.39 is 63.8 Å². The third-order valence-electron chi connectivity index (χ3n) is 5.41. The molecule has 3 aromatic carbocycles. The Morgan fingerprint density at radius 2 is 1.50 bits per heavy atom. The van der Waals surface area contributed by atoms with Crippen molar-refractivity contribution in [1.82, 2.24) is 9.62 Å². The van der Waals surface area contributed by atoms with Gasteiger partial charge in [0, 0.05) is 23.2 Å². The Labute approximate surface area is 194 Å². The smallest absolute Gasteiger partial charge is 0.245 e. The Balaban J connectivity index is 1.68. The molecule has 1 N–H and O–H groups in total. The summed E-state index contributed by atoms with van der Waals surface area (Å²) in [6.07, 6.45) is 0. The van der Waals surface area contributed by atoms with Gasteiger partial charge in [0.25, 0.3) is 0 Å². The second kappa shape index (κ2) is 9.24. The Kier molecular flexibility index (Phi) is 6.36. The number of sulfonamides is 1. The van der Waals surface area contributed by atoms with Crippen molar-refractivity contribution in [3.8, 4) is 0 Å². The Bertz CT molecular complexity index is 1370. The number of nitrogens with one attached hydrogen (secondary N) is 1. The first-order chi connectivity index (χ1) is 16.2. The van der Waals surface area contributed by atoms with Gasteiger partial charge in [-0.2, -0.15) is 4.31 Å². The molecular weight excluding hydrogens is 466 g/mol. The summed E-state index contributed by atoms with van der Waals surface area (Å²) in [6, 6.07) is 14.4.